The zero-order chi connectivity index (χ0) is 22.5. The molecule has 32 heavy (non-hydrogen) atoms. The summed E-state index contributed by atoms with van der Waals surface area (Å²) in [7, 11) is 1.67. The molecule has 0 aliphatic rings. The summed E-state index contributed by atoms with van der Waals surface area (Å²) in [6.07, 6.45) is 1.96. The fourth-order valence-corrected chi connectivity index (χ4v) is 4.31. The first-order chi connectivity index (χ1) is 15.5. The molecule has 6 nitrogen and oxygen atoms in total. The Kier molecular flexibility index (Phi) is 7.14. The molecule has 0 amide bonds. The maximum absolute atomic E-state index is 6.16. The van der Waals surface area contributed by atoms with Crippen LogP contribution in [0.3, 0.4) is 0 Å². The molecule has 0 saturated carbocycles. The van der Waals surface area contributed by atoms with Gasteiger partial charge in [-0.3, -0.25) is 0 Å². The van der Waals surface area contributed by atoms with E-state index in [0.717, 1.165) is 32.7 Å². The third-order valence-electron chi connectivity index (χ3n) is 4.67. The third kappa shape index (κ3) is 5.51. The topological polar surface area (TPSA) is 69.3 Å². The summed E-state index contributed by atoms with van der Waals surface area (Å²) in [5.74, 6) is 2.18. The van der Waals surface area contributed by atoms with Crippen LogP contribution in [0.15, 0.2) is 59.5 Å². The Morgan fingerprint density at radius 3 is 2.41 bits per heavy atom. The van der Waals surface area contributed by atoms with Crippen LogP contribution in [0, 0.1) is 6.92 Å². The van der Waals surface area contributed by atoms with Crippen molar-refractivity contribution in [2.24, 2.45) is 0 Å². The van der Waals surface area contributed by atoms with E-state index >= 15 is 0 Å². The lowest BCUT2D eigenvalue weighted by Gasteiger charge is -2.16. The zero-order valence-electron chi connectivity index (χ0n) is 18.4. The monoisotopic (exact) mass is 467 g/mol. The van der Waals surface area contributed by atoms with E-state index in [2.05, 4.69) is 21.4 Å². The molecule has 4 aromatic rings. The number of methoxy groups -OCH3 is 1. The Balaban J connectivity index is 1.65. The van der Waals surface area contributed by atoms with Crippen LogP contribution in [0.4, 0.5) is 0 Å². The van der Waals surface area contributed by atoms with Gasteiger partial charge in [0.25, 0.3) is 0 Å². The molecule has 2 aromatic carbocycles. The Morgan fingerprint density at radius 2 is 1.72 bits per heavy atom. The summed E-state index contributed by atoms with van der Waals surface area (Å²) in [5.41, 5.74) is 2.83. The highest BCUT2D eigenvalue weighted by atomic mass is 32.2. The number of nitrogens with one attached hydrogen (secondary N) is 1. The summed E-state index contributed by atoms with van der Waals surface area (Å²) in [6.45, 7) is 4.42. The van der Waals surface area contributed by atoms with Crippen molar-refractivity contribution >= 4 is 23.1 Å². The van der Waals surface area contributed by atoms with Crippen LogP contribution in [0.25, 0.3) is 22.0 Å². The second kappa shape index (κ2) is 10.2. The minimum absolute atomic E-state index is 0.0902. The van der Waals surface area contributed by atoms with Crippen molar-refractivity contribution in [3.63, 3.8) is 0 Å². The van der Waals surface area contributed by atoms with Gasteiger partial charge in [0, 0.05) is 29.3 Å². The predicted molar refractivity (Wildman–Crippen MR) is 130 cm³/mol. The first kappa shape index (κ1) is 22.4. The fraction of sp³-hybridized carbons (Fsp3) is 0.250. The number of benzene rings is 2. The van der Waals surface area contributed by atoms with E-state index in [0.29, 0.717) is 18.1 Å². The average molecular weight is 468 g/mol. The molecule has 1 atom stereocenters. The number of hydrogen-bond acceptors (Lipinski definition) is 7. The van der Waals surface area contributed by atoms with Gasteiger partial charge in [-0.25, -0.2) is 0 Å². The highest BCUT2D eigenvalue weighted by Gasteiger charge is 2.13. The zero-order valence-corrected chi connectivity index (χ0v) is 20.0. The van der Waals surface area contributed by atoms with Gasteiger partial charge in [0.1, 0.15) is 28.4 Å². The molecule has 166 valence electrons. The predicted octanol–water partition coefficient (Wildman–Crippen LogP) is 6.44. The number of hydrogen-bond donors (Lipinski definition) is 1. The minimum atomic E-state index is -0.0902. The van der Waals surface area contributed by atoms with Gasteiger partial charge in [-0.2, -0.15) is 0 Å². The highest BCUT2D eigenvalue weighted by Crippen LogP contribution is 2.34. The van der Waals surface area contributed by atoms with E-state index in [-0.39, 0.29) is 6.10 Å². The van der Waals surface area contributed by atoms with E-state index in [1.807, 2.05) is 68.4 Å². The van der Waals surface area contributed by atoms with Crippen LogP contribution in [0.5, 0.6) is 17.2 Å². The SMILES string of the molecule is COC[C@H](C)Oc1cc(Oc2ccc(SC)cc2)cc(-c2ccc(-c3nnc(C)s3)[nH]2)c1. The van der Waals surface area contributed by atoms with Crippen molar-refractivity contribution in [1.29, 1.82) is 0 Å². The standard InChI is InChI=1S/C24H25N3O3S2/c1-15(14-28-3)29-19-11-17(22-9-10-23(25-22)24-27-26-16(2)32-24)12-20(13-19)30-18-5-7-21(31-4)8-6-18/h5-13,15,25H,14H2,1-4H3/t15-/m0/s1. The number of aromatic amines is 1. The van der Waals surface area contributed by atoms with Gasteiger partial charge in [0.2, 0.25) is 0 Å². The van der Waals surface area contributed by atoms with Crippen LogP contribution in [0.2, 0.25) is 0 Å². The molecule has 2 aromatic heterocycles. The molecular weight excluding hydrogens is 442 g/mol. The van der Waals surface area contributed by atoms with Gasteiger partial charge < -0.3 is 19.2 Å². The lowest BCUT2D eigenvalue weighted by atomic mass is 10.1. The van der Waals surface area contributed by atoms with Crippen molar-refractivity contribution in [1.82, 2.24) is 15.2 Å². The first-order valence-corrected chi connectivity index (χ1v) is 12.2. The molecule has 0 spiro atoms. The molecule has 0 radical (unpaired) electrons. The second-order valence-electron chi connectivity index (χ2n) is 7.27. The van der Waals surface area contributed by atoms with Crippen molar-refractivity contribution < 1.29 is 14.2 Å². The van der Waals surface area contributed by atoms with E-state index in [1.165, 1.54) is 4.90 Å². The van der Waals surface area contributed by atoms with Gasteiger partial charge in [0.05, 0.1) is 12.3 Å². The number of thioether (sulfide) groups is 1. The maximum atomic E-state index is 6.16. The van der Waals surface area contributed by atoms with Crippen molar-refractivity contribution in [3.05, 3.63) is 59.6 Å². The summed E-state index contributed by atoms with van der Waals surface area (Å²) in [5, 5.41) is 10.1. The fourth-order valence-electron chi connectivity index (χ4n) is 3.23. The summed E-state index contributed by atoms with van der Waals surface area (Å²) < 4.78 is 17.5. The largest absolute Gasteiger partial charge is 0.488 e. The molecule has 0 fully saturated rings. The molecule has 1 N–H and O–H groups in total. The number of aryl methyl sites for hydroxylation is 1. The molecule has 2 heterocycles. The lowest BCUT2D eigenvalue weighted by Crippen LogP contribution is -2.17. The number of ether oxygens (including phenoxy) is 3. The number of nitrogens with zero attached hydrogens (tertiary/aromatic N) is 2. The minimum Gasteiger partial charge on any atom is -0.488 e. The molecule has 8 heteroatoms. The van der Waals surface area contributed by atoms with Crippen molar-refractivity contribution in [3.8, 4) is 39.2 Å². The van der Waals surface area contributed by atoms with Gasteiger partial charge in [-0.1, -0.05) is 11.3 Å². The number of rotatable bonds is 9. The second-order valence-corrected chi connectivity index (χ2v) is 9.33. The smallest absolute Gasteiger partial charge is 0.164 e. The lowest BCUT2D eigenvalue weighted by molar-refractivity contribution is 0.0920. The van der Waals surface area contributed by atoms with Gasteiger partial charge in [-0.15, -0.1) is 22.0 Å². The number of aromatic nitrogens is 3. The van der Waals surface area contributed by atoms with E-state index in [4.69, 9.17) is 14.2 Å². The first-order valence-electron chi connectivity index (χ1n) is 10.2. The van der Waals surface area contributed by atoms with Crippen molar-refractivity contribution in [2.45, 2.75) is 24.8 Å². The Morgan fingerprint density at radius 1 is 0.969 bits per heavy atom. The van der Waals surface area contributed by atoms with Gasteiger partial charge >= 0.3 is 0 Å². The molecule has 0 bridgehead atoms. The van der Waals surface area contributed by atoms with Crippen LogP contribution < -0.4 is 9.47 Å². The summed E-state index contributed by atoms with van der Waals surface area (Å²) in [4.78, 5) is 4.63. The van der Waals surface area contributed by atoms with Crippen LogP contribution in [0.1, 0.15) is 11.9 Å². The summed E-state index contributed by atoms with van der Waals surface area (Å²) in [6, 6.07) is 18.0. The van der Waals surface area contributed by atoms with E-state index in [1.54, 1.807) is 30.2 Å². The number of H-pyrrole nitrogens is 1. The van der Waals surface area contributed by atoms with Crippen LogP contribution >= 0.6 is 23.1 Å². The summed E-state index contributed by atoms with van der Waals surface area (Å²) >= 11 is 3.25. The van der Waals surface area contributed by atoms with Crippen LogP contribution in [-0.4, -0.2) is 41.3 Å². The Labute approximate surface area is 196 Å². The molecule has 0 unspecified atom stereocenters. The highest BCUT2D eigenvalue weighted by molar-refractivity contribution is 7.98. The molecule has 4 rings (SSSR count). The van der Waals surface area contributed by atoms with E-state index < -0.39 is 0 Å². The van der Waals surface area contributed by atoms with Crippen LogP contribution in [-0.2, 0) is 4.74 Å². The molecule has 0 aliphatic heterocycles. The van der Waals surface area contributed by atoms with E-state index in [9.17, 15) is 0 Å². The van der Waals surface area contributed by atoms with Gasteiger partial charge in [0.15, 0.2) is 5.01 Å². The third-order valence-corrected chi connectivity index (χ3v) is 6.28. The van der Waals surface area contributed by atoms with Crippen molar-refractivity contribution in [2.75, 3.05) is 20.0 Å². The maximum Gasteiger partial charge on any atom is 0.164 e. The normalized spacial score (nSPS) is 12.0. The molecular formula is C24H25N3O3S2. The Bertz CT molecular complexity index is 1170. The molecule has 0 saturated heterocycles. The van der Waals surface area contributed by atoms with Gasteiger partial charge in [-0.05, 0) is 68.6 Å². The quantitative estimate of drug-likeness (QED) is 0.286. The average Bonchev–Trinajstić information content (AvgIpc) is 3.43. The Hall–Kier alpha value is -2.81. The molecule has 0 aliphatic carbocycles.